The Kier molecular flexibility index (Phi) is 12.0. The van der Waals surface area contributed by atoms with E-state index >= 15 is 0 Å². The summed E-state index contributed by atoms with van der Waals surface area (Å²) in [7, 11) is 0. The van der Waals surface area contributed by atoms with E-state index in [4.69, 9.17) is 14.2 Å². The van der Waals surface area contributed by atoms with Gasteiger partial charge < -0.3 is 14.2 Å². The van der Waals surface area contributed by atoms with Crippen molar-refractivity contribution in [3.63, 3.8) is 0 Å². The van der Waals surface area contributed by atoms with Crippen LogP contribution in [0.3, 0.4) is 0 Å². The van der Waals surface area contributed by atoms with E-state index in [2.05, 4.69) is 6.92 Å². The molecular weight excluding hydrogens is 404 g/mol. The van der Waals surface area contributed by atoms with Gasteiger partial charge in [0.15, 0.2) is 0 Å². The zero-order valence-electron chi connectivity index (χ0n) is 19.4. The third kappa shape index (κ3) is 9.99. The van der Waals surface area contributed by atoms with Gasteiger partial charge in [-0.3, -0.25) is 4.79 Å². The van der Waals surface area contributed by atoms with Crippen molar-refractivity contribution >= 4 is 11.9 Å². The van der Waals surface area contributed by atoms with E-state index in [1.165, 1.54) is 26.2 Å². The fraction of sp³-hybridized carbons (Fsp3) is 0.481. The van der Waals surface area contributed by atoms with Crippen LogP contribution in [0.25, 0.3) is 11.1 Å². The molecule has 0 N–H and O–H groups in total. The third-order valence-electron chi connectivity index (χ3n) is 5.15. The van der Waals surface area contributed by atoms with E-state index in [1.807, 2.05) is 36.4 Å². The molecule has 0 radical (unpaired) electrons. The van der Waals surface area contributed by atoms with Gasteiger partial charge in [0.2, 0.25) is 0 Å². The normalized spacial score (nSPS) is 10.6. The summed E-state index contributed by atoms with van der Waals surface area (Å²) in [6, 6.07) is 15.5. The molecule has 0 saturated heterocycles. The van der Waals surface area contributed by atoms with Crippen LogP contribution in [0.1, 0.15) is 75.6 Å². The van der Waals surface area contributed by atoms with Crippen molar-refractivity contribution in [2.45, 2.75) is 65.2 Å². The summed E-state index contributed by atoms with van der Waals surface area (Å²) in [5.41, 5.74) is 2.68. The monoisotopic (exact) mass is 440 g/mol. The molecule has 2 rings (SSSR count). The Balaban J connectivity index is 1.69. The lowest BCUT2D eigenvalue weighted by molar-refractivity contribution is -0.141. The lowest BCUT2D eigenvalue weighted by atomic mass is 10.0. The summed E-state index contributed by atoms with van der Waals surface area (Å²) < 4.78 is 16.0. The SMILES string of the molecule is CCCCCCOc1ccc(-c2ccc(C(=O)OCCCCCCOC(C)=O)cc2)cc1. The van der Waals surface area contributed by atoms with E-state index < -0.39 is 0 Å². The fourth-order valence-electron chi connectivity index (χ4n) is 3.28. The standard InChI is InChI=1S/C27H36O5/c1-3-4-5-8-20-31-26-17-15-24(16-18-26)23-11-13-25(14-12-23)27(29)32-21-10-7-6-9-19-30-22(2)28/h11-18H,3-10,19-21H2,1-2H3. The fourth-order valence-corrected chi connectivity index (χ4v) is 3.28. The number of hydrogen-bond donors (Lipinski definition) is 0. The van der Waals surface area contributed by atoms with Gasteiger partial charge >= 0.3 is 11.9 Å². The highest BCUT2D eigenvalue weighted by Gasteiger charge is 2.08. The minimum Gasteiger partial charge on any atom is -0.494 e. The molecule has 0 aliphatic carbocycles. The molecule has 174 valence electrons. The highest BCUT2D eigenvalue weighted by Crippen LogP contribution is 2.23. The Labute approximate surface area is 192 Å². The van der Waals surface area contributed by atoms with Gasteiger partial charge in [-0.2, -0.15) is 0 Å². The van der Waals surface area contributed by atoms with Crippen LogP contribution in [0.5, 0.6) is 5.75 Å². The number of hydrogen-bond acceptors (Lipinski definition) is 5. The smallest absolute Gasteiger partial charge is 0.338 e. The van der Waals surface area contributed by atoms with Gasteiger partial charge in [-0.1, -0.05) is 50.5 Å². The molecule has 0 fully saturated rings. The number of ether oxygens (including phenoxy) is 3. The second kappa shape index (κ2) is 15.1. The molecule has 0 spiro atoms. The van der Waals surface area contributed by atoms with E-state index in [-0.39, 0.29) is 11.9 Å². The molecule has 0 amide bonds. The summed E-state index contributed by atoms with van der Waals surface area (Å²) in [6.45, 7) is 5.22. The van der Waals surface area contributed by atoms with Crippen molar-refractivity contribution in [3.8, 4) is 16.9 Å². The quantitative estimate of drug-likeness (QED) is 0.231. The highest BCUT2D eigenvalue weighted by molar-refractivity contribution is 5.90. The Morgan fingerprint density at radius 3 is 1.78 bits per heavy atom. The minimum atomic E-state index is -0.303. The largest absolute Gasteiger partial charge is 0.494 e. The number of esters is 2. The molecule has 0 heterocycles. The number of benzene rings is 2. The molecule has 0 aromatic heterocycles. The van der Waals surface area contributed by atoms with Crippen LogP contribution in [-0.4, -0.2) is 31.8 Å². The topological polar surface area (TPSA) is 61.8 Å². The summed E-state index contributed by atoms with van der Waals surface area (Å²) in [6.07, 6.45) is 8.30. The van der Waals surface area contributed by atoms with E-state index in [9.17, 15) is 9.59 Å². The Hall–Kier alpha value is -2.82. The lowest BCUT2D eigenvalue weighted by Gasteiger charge is -2.08. The highest BCUT2D eigenvalue weighted by atomic mass is 16.5. The maximum atomic E-state index is 12.2. The maximum absolute atomic E-state index is 12.2. The molecule has 32 heavy (non-hydrogen) atoms. The van der Waals surface area contributed by atoms with Gasteiger partial charge in [0.1, 0.15) is 5.75 Å². The Bertz CT molecular complexity index is 796. The van der Waals surface area contributed by atoms with E-state index in [0.717, 1.165) is 55.6 Å². The van der Waals surface area contributed by atoms with Gasteiger partial charge in [0.25, 0.3) is 0 Å². The average molecular weight is 441 g/mol. The second-order valence-corrected chi connectivity index (χ2v) is 7.90. The molecule has 5 heteroatoms. The zero-order chi connectivity index (χ0) is 23.0. The maximum Gasteiger partial charge on any atom is 0.338 e. The number of unbranched alkanes of at least 4 members (excludes halogenated alkanes) is 6. The van der Waals surface area contributed by atoms with Crippen LogP contribution >= 0.6 is 0 Å². The Morgan fingerprint density at radius 1 is 0.656 bits per heavy atom. The predicted molar refractivity (Wildman–Crippen MR) is 127 cm³/mol. The molecular formula is C27H36O5. The van der Waals surface area contributed by atoms with E-state index in [1.54, 1.807) is 12.1 Å². The summed E-state index contributed by atoms with van der Waals surface area (Å²) in [5, 5.41) is 0. The van der Waals surface area contributed by atoms with Crippen LogP contribution in [0.15, 0.2) is 48.5 Å². The van der Waals surface area contributed by atoms with Crippen molar-refractivity contribution in [2.24, 2.45) is 0 Å². The summed E-state index contributed by atoms with van der Waals surface area (Å²) in [5.74, 6) is 0.337. The molecule has 0 aliphatic heterocycles. The van der Waals surface area contributed by atoms with Gasteiger partial charge in [-0.15, -0.1) is 0 Å². The molecule has 0 atom stereocenters. The first-order valence-corrected chi connectivity index (χ1v) is 11.7. The van der Waals surface area contributed by atoms with Gasteiger partial charge in [0.05, 0.1) is 25.4 Å². The molecule has 0 bridgehead atoms. The van der Waals surface area contributed by atoms with Gasteiger partial charge in [-0.05, 0) is 67.5 Å². The summed E-state index contributed by atoms with van der Waals surface area (Å²) >= 11 is 0. The average Bonchev–Trinajstić information content (AvgIpc) is 2.81. The molecule has 5 nitrogen and oxygen atoms in total. The van der Waals surface area contributed by atoms with Crippen molar-refractivity contribution < 1.29 is 23.8 Å². The molecule has 2 aromatic carbocycles. The first-order chi connectivity index (χ1) is 15.6. The first-order valence-electron chi connectivity index (χ1n) is 11.7. The molecule has 0 unspecified atom stereocenters. The number of rotatable bonds is 15. The predicted octanol–water partition coefficient (Wildman–Crippen LogP) is 6.59. The molecule has 2 aromatic rings. The molecule has 0 saturated carbocycles. The van der Waals surface area contributed by atoms with Crippen LogP contribution in [-0.2, 0) is 14.3 Å². The van der Waals surface area contributed by atoms with Crippen LogP contribution in [0, 0.1) is 0 Å². The van der Waals surface area contributed by atoms with Crippen molar-refractivity contribution in [3.05, 3.63) is 54.1 Å². The summed E-state index contributed by atoms with van der Waals surface area (Å²) in [4.78, 5) is 22.9. The lowest BCUT2D eigenvalue weighted by Crippen LogP contribution is -2.06. The van der Waals surface area contributed by atoms with Crippen molar-refractivity contribution in [2.75, 3.05) is 19.8 Å². The second-order valence-electron chi connectivity index (χ2n) is 7.90. The minimum absolute atomic E-state index is 0.246. The zero-order valence-corrected chi connectivity index (χ0v) is 19.4. The van der Waals surface area contributed by atoms with Crippen LogP contribution in [0.2, 0.25) is 0 Å². The third-order valence-corrected chi connectivity index (χ3v) is 5.15. The Morgan fingerprint density at radius 2 is 1.19 bits per heavy atom. The first kappa shape index (κ1) is 25.4. The van der Waals surface area contributed by atoms with Crippen LogP contribution in [0.4, 0.5) is 0 Å². The number of carbonyl (C=O) groups excluding carboxylic acids is 2. The van der Waals surface area contributed by atoms with Crippen molar-refractivity contribution in [1.82, 2.24) is 0 Å². The van der Waals surface area contributed by atoms with E-state index in [0.29, 0.717) is 18.8 Å². The molecule has 0 aliphatic rings. The number of carbonyl (C=O) groups is 2. The van der Waals surface area contributed by atoms with Crippen molar-refractivity contribution in [1.29, 1.82) is 0 Å². The van der Waals surface area contributed by atoms with Gasteiger partial charge in [-0.25, -0.2) is 4.79 Å². The van der Waals surface area contributed by atoms with Gasteiger partial charge in [0, 0.05) is 6.92 Å². The van der Waals surface area contributed by atoms with Crippen LogP contribution < -0.4 is 4.74 Å².